The number of benzene rings is 2. The third kappa shape index (κ3) is 4.59. The Balaban J connectivity index is 1.44. The summed E-state index contributed by atoms with van der Waals surface area (Å²) in [6.07, 6.45) is 0.767. The zero-order valence-electron chi connectivity index (χ0n) is 17.8. The van der Waals surface area contributed by atoms with Crippen LogP contribution in [0.4, 0.5) is 10.8 Å². The third-order valence-electron chi connectivity index (χ3n) is 5.15. The summed E-state index contributed by atoms with van der Waals surface area (Å²) in [7, 11) is 3.24. The van der Waals surface area contributed by atoms with Gasteiger partial charge in [-0.3, -0.25) is 4.79 Å². The molecule has 3 aromatic rings. The fourth-order valence-corrected chi connectivity index (χ4v) is 4.28. The maximum atomic E-state index is 13.0. The van der Waals surface area contributed by atoms with E-state index in [1.165, 1.54) is 16.9 Å². The lowest BCUT2D eigenvalue weighted by Gasteiger charge is -2.29. The standard InChI is InChI=1S/C23H25N3O4S/c1-4-30-18-7-5-17(6-8-18)24-23-25-19(14-31-23)22(27)26-10-9-15-11-20(28-2)21(29-3)12-16(15)13-26/h5-8,11-12,14H,4,9-10,13H2,1-3H3,(H,24,25). The van der Waals surface area contributed by atoms with Gasteiger partial charge in [0.2, 0.25) is 0 Å². The number of fused-ring (bicyclic) bond motifs is 1. The molecule has 0 aliphatic carbocycles. The van der Waals surface area contributed by atoms with Crippen molar-refractivity contribution >= 4 is 28.1 Å². The second kappa shape index (κ2) is 9.26. The Morgan fingerprint density at radius 1 is 1.13 bits per heavy atom. The second-order valence-corrected chi connectivity index (χ2v) is 7.93. The average Bonchev–Trinajstić information content (AvgIpc) is 3.27. The first kappa shape index (κ1) is 21.0. The number of hydrogen-bond donors (Lipinski definition) is 1. The molecule has 0 atom stereocenters. The topological polar surface area (TPSA) is 72.9 Å². The molecular weight excluding hydrogens is 414 g/mol. The van der Waals surface area contributed by atoms with E-state index in [0.29, 0.717) is 42.0 Å². The summed E-state index contributed by atoms with van der Waals surface area (Å²) >= 11 is 1.41. The van der Waals surface area contributed by atoms with E-state index < -0.39 is 0 Å². The quantitative estimate of drug-likeness (QED) is 0.584. The molecule has 4 rings (SSSR count). The van der Waals surface area contributed by atoms with Crippen LogP contribution in [0.15, 0.2) is 41.8 Å². The van der Waals surface area contributed by atoms with Crippen LogP contribution in [0.5, 0.6) is 17.2 Å². The molecular formula is C23H25N3O4S. The smallest absolute Gasteiger partial charge is 0.273 e. The first-order valence-electron chi connectivity index (χ1n) is 10.1. The summed E-state index contributed by atoms with van der Waals surface area (Å²) in [6.45, 7) is 3.74. The van der Waals surface area contributed by atoms with Crippen LogP contribution in [-0.2, 0) is 13.0 Å². The fraction of sp³-hybridized carbons (Fsp3) is 0.304. The highest BCUT2D eigenvalue weighted by atomic mass is 32.1. The fourth-order valence-electron chi connectivity index (χ4n) is 3.57. The molecule has 0 bridgehead atoms. The van der Waals surface area contributed by atoms with E-state index >= 15 is 0 Å². The number of methoxy groups -OCH3 is 2. The van der Waals surface area contributed by atoms with Crippen molar-refractivity contribution in [2.45, 2.75) is 19.9 Å². The van der Waals surface area contributed by atoms with Crippen molar-refractivity contribution < 1.29 is 19.0 Å². The zero-order valence-corrected chi connectivity index (χ0v) is 18.6. The van der Waals surface area contributed by atoms with Crippen molar-refractivity contribution in [2.24, 2.45) is 0 Å². The van der Waals surface area contributed by atoms with E-state index in [4.69, 9.17) is 14.2 Å². The number of aromatic nitrogens is 1. The number of anilines is 2. The van der Waals surface area contributed by atoms with Crippen molar-refractivity contribution in [2.75, 3.05) is 32.7 Å². The number of nitrogens with one attached hydrogen (secondary N) is 1. The number of carbonyl (C=O) groups excluding carboxylic acids is 1. The van der Waals surface area contributed by atoms with Crippen molar-refractivity contribution in [1.82, 2.24) is 9.88 Å². The normalized spacial score (nSPS) is 12.8. The number of nitrogens with zero attached hydrogens (tertiary/aromatic N) is 2. The molecule has 0 spiro atoms. The molecule has 2 aromatic carbocycles. The van der Waals surface area contributed by atoms with Crippen LogP contribution in [0.3, 0.4) is 0 Å². The van der Waals surface area contributed by atoms with Crippen LogP contribution in [0.1, 0.15) is 28.5 Å². The highest BCUT2D eigenvalue weighted by molar-refractivity contribution is 7.14. The Bertz CT molecular complexity index is 1070. The lowest BCUT2D eigenvalue weighted by atomic mass is 9.98. The molecule has 0 saturated carbocycles. The SMILES string of the molecule is CCOc1ccc(Nc2nc(C(=O)N3CCc4cc(OC)c(OC)cc4C3)cs2)cc1. The van der Waals surface area contributed by atoms with Gasteiger partial charge in [0, 0.05) is 24.2 Å². The van der Waals surface area contributed by atoms with Crippen molar-refractivity contribution in [1.29, 1.82) is 0 Å². The molecule has 2 heterocycles. The molecule has 1 aliphatic heterocycles. The monoisotopic (exact) mass is 439 g/mol. The summed E-state index contributed by atoms with van der Waals surface area (Å²) in [4.78, 5) is 19.4. The van der Waals surface area contributed by atoms with E-state index in [0.717, 1.165) is 23.4 Å². The predicted molar refractivity (Wildman–Crippen MR) is 121 cm³/mol. The minimum Gasteiger partial charge on any atom is -0.494 e. The summed E-state index contributed by atoms with van der Waals surface area (Å²) in [5, 5.41) is 5.72. The molecule has 0 fully saturated rings. The Hall–Kier alpha value is -3.26. The molecule has 162 valence electrons. The van der Waals surface area contributed by atoms with Crippen molar-refractivity contribution in [3.63, 3.8) is 0 Å². The molecule has 0 unspecified atom stereocenters. The molecule has 7 nitrogen and oxygen atoms in total. The minimum absolute atomic E-state index is 0.0728. The number of amides is 1. The van der Waals surface area contributed by atoms with E-state index in [-0.39, 0.29) is 5.91 Å². The molecule has 1 aromatic heterocycles. The third-order valence-corrected chi connectivity index (χ3v) is 5.90. The second-order valence-electron chi connectivity index (χ2n) is 7.07. The van der Waals surface area contributed by atoms with E-state index in [2.05, 4.69) is 10.3 Å². The molecule has 8 heteroatoms. The Morgan fingerprint density at radius 3 is 2.52 bits per heavy atom. The Morgan fingerprint density at radius 2 is 1.84 bits per heavy atom. The van der Waals surface area contributed by atoms with Crippen molar-refractivity contribution in [3.05, 3.63) is 58.6 Å². The van der Waals surface area contributed by atoms with Crippen LogP contribution in [0.25, 0.3) is 0 Å². The van der Waals surface area contributed by atoms with Crippen molar-refractivity contribution in [3.8, 4) is 17.2 Å². The maximum absolute atomic E-state index is 13.0. The van der Waals surface area contributed by atoms with Gasteiger partial charge in [-0.25, -0.2) is 4.98 Å². The van der Waals surface area contributed by atoms with Crippen LogP contribution in [-0.4, -0.2) is 43.2 Å². The first-order chi connectivity index (χ1) is 15.1. The lowest BCUT2D eigenvalue weighted by molar-refractivity contribution is 0.0729. The number of hydrogen-bond acceptors (Lipinski definition) is 7. The number of ether oxygens (including phenoxy) is 3. The Kier molecular flexibility index (Phi) is 6.27. The van der Waals surface area contributed by atoms with Gasteiger partial charge in [-0.05, 0) is 60.9 Å². The van der Waals surface area contributed by atoms with Crippen LogP contribution in [0.2, 0.25) is 0 Å². The highest BCUT2D eigenvalue weighted by Gasteiger charge is 2.25. The number of rotatable bonds is 7. The minimum atomic E-state index is -0.0728. The molecule has 1 amide bonds. The van der Waals surface area contributed by atoms with Gasteiger partial charge >= 0.3 is 0 Å². The van der Waals surface area contributed by atoms with Crippen LogP contribution < -0.4 is 19.5 Å². The Labute approximate surface area is 185 Å². The maximum Gasteiger partial charge on any atom is 0.273 e. The van der Waals surface area contributed by atoms with Crippen LogP contribution in [0, 0.1) is 0 Å². The van der Waals surface area contributed by atoms with E-state index in [1.54, 1.807) is 19.6 Å². The van der Waals surface area contributed by atoms with Crippen LogP contribution >= 0.6 is 11.3 Å². The van der Waals surface area contributed by atoms with E-state index in [1.807, 2.05) is 48.2 Å². The average molecular weight is 440 g/mol. The zero-order chi connectivity index (χ0) is 21.8. The molecule has 0 radical (unpaired) electrons. The summed E-state index contributed by atoms with van der Waals surface area (Å²) in [5.41, 5.74) is 3.59. The van der Waals surface area contributed by atoms with Gasteiger partial charge in [0.05, 0.1) is 20.8 Å². The molecule has 1 aliphatic rings. The number of thiazole rings is 1. The number of carbonyl (C=O) groups is 1. The molecule has 0 saturated heterocycles. The summed E-state index contributed by atoms with van der Waals surface area (Å²) < 4.78 is 16.3. The highest BCUT2D eigenvalue weighted by Crippen LogP contribution is 2.33. The van der Waals surface area contributed by atoms with Gasteiger partial charge < -0.3 is 24.4 Å². The summed E-state index contributed by atoms with van der Waals surface area (Å²) in [5.74, 6) is 2.13. The lowest BCUT2D eigenvalue weighted by Crippen LogP contribution is -2.36. The van der Waals surface area contributed by atoms with Gasteiger partial charge in [0.25, 0.3) is 5.91 Å². The van der Waals surface area contributed by atoms with E-state index in [9.17, 15) is 4.79 Å². The molecule has 1 N–H and O–H groups in total. The van der Waals surface area contributed by atoms with Gasteiger partial charge in [0.1, 0.15) is 11.4 Å². The van der Waals surface area contributed by atoms with Gasteiger partial charge in [-0.2, -0.15) is 0 Å². The van der Waals surface area contributed by atoms with Gasteiger partial charge in [-0.1, -0.05) is 0 Å². The summed E-state index contributed by atoms with van der Waals surface area (Å²) in [6, 6.07) is 11.6. The molecule has 31 heavy (non-hydrogen) atoms. The first-order valence-corrected chi connectivity index (χ1v) is 11.0. The largest absolute Gasteiger partial charge is 0.494 e. The predicted octanol–water partition coefficient (Wildman–Crippen LogP) is 4.50. The van der Waals surface area contributed by atoms with Gasteiger partial charge in [0.15, 0.2) is 16.6 Å². The van der Waals surface area contributed by atoms with Gasteiger partial charge in [-0.15, -0.1) is 11.3 Å².